The molecule has 0 fully saturated rings. The molecule has 0 aromatic heterocycles. The van der Waals surface area contributed by atoms with Gasteiger partial charge in [0.25, 0.3) is 5.25 Å². The highest BCUT2D eigenvalue weighted by Crippen LogP contribution is 2.20. The molecule has 0 aromatic carbocycles. The van der Waals surface area contributed by atoms with E-state index in [-0.39, 0.29) is 0 Å². The van der Waals surface area contributed by atoms with Crippen LogP contribution in [0.1, 0.15) is 0 Å². The summed E-state index contributed by atoms with van der Waals surface area (Å²) in [5.41, 5.74) is 0. The van der Waals surface area contributed by atoms with Gasteiger partial charge in [-0.3, -0.25) is 0 Å². The fourth-order valence-electron chi connectivity index (χ4n) is 0.358. The zero-order chi connectivity index (χ0) is 6.04. The summed E-state index contributed by atoms with van der Waals surface area (Å²) in [6, 6.07) is 0. The molecule has 1 aliphatic rings. The molecule has 0 amide bonds. The van der Waals surface area contributed by atoms with Crippen LogP contribution in [0.25, 0.3) is 0 Å². The predicted molar refractivity (Wildman–Crippen MR) is 30.5 cm³/mol. The molecule has 0 radical (unpaired) electrons. The minimum atomic E-state index is -2.02. The highest BCUT2D eigenvalue weighted by Gasteiger charge is 2.20. The first-order valence-electron chi connectivity index (χ1n) is 2.06. The molecule has 1 unspecified atom stereocenters. The van der Waals surface area contributed by atoms with Gasteiger partial charge in [-0.15, -0.1) is 0 Å². The lowest BCUT2D eigenvalue weighted by Crippen LogP contribution is -2.17. The molecule has 2 nitrogen and oxygen atoms in total. The van der Waals surface area contributed by atoms with Crippen molar-refractivity contribution >= 4 is 17.9 Å². The van der Waals surface area contributed by atoms with Gasteiger partial charge in [-0.25, -0.2) is 4.99 Å². The van der Waals surface area contributed by atoms with Crippen molar-refractivity contribution in [3.63, 3.8) is 0 Å². The quantitative estimate of drug-likeness (QED) is 0.388. The second-order valence-electron chi connectivity index (χ2n) is 1.35. The summed E-state index contributed by atoms with van der Waals surface area (Å²) < 4.78 is 12.3. The summed E-state index contributed by atoms with van der Waals surface area (Å²) in [4.78, 5) is 3.24. The number of nitrogens with zero attached hydrogens (tertiary/aromatic N) is 1. The SMILES string of the molecule is FC1(Cl)C=CNC=N1. The number of nitrogens with one attached hydrogen (secondary N) is 1. The third-order valence-corrected chi connectivity index (χ3v) is 0.915. The first-order valence-corrected chi connectivity index (χ1v) is 2.44. The Hall–Kier alpha value is -0.570. The maximum atomic E-state index is 12.3. The van der Waals surface area contributed by atoms with Gasteiger partial charge in [0.05, 0.1) is 6.34 Å². The zero-order valence-electron chi connectivity index (χ0n) is 3.94. The van der Waals surface area contributed by atoms with Gasteiger partial charge in [-0.1, -0.05) is 11.6 Å². The van der Waals surface area contributed by atoms with E-state index in [2.05, 4.69) is 10.3 Å². The molecule has 4 heteroatoms. The van der Waals surface area contributed by atoms with Gasteiger partial charge in [0.1, 0.15) is 0 Å². The Kier molecular flexibility index (Phi) is 1.21. The molecule has 0 spiro atoms. The topological polar surface area (TPSA) is 24.4 Å². The first kappa shape index (κ1) is 5.56. The molecule has 1 rings (SSSR count). The van der Waals surface area contributed by atoms with E-state index in [9.17, 15) is 4.39 Å². The Morgan fingerprint density at radius 1 is 1.75 bits per heavy atom. The van der Waals surface area contributed by atoms with E-state index in [1.165, 1.54) is 12.5 Å². The van der Waals surface area contributed by atoms with E-state index in [0.717, 1.165) is 6.08 Å². The smallest absolute Gasteiger partial charge is 0.297 e. The van der Waals surface area contributed by atoms with E-state index in [1.54, 1.807) is 0 Å². The van der Waals surface area contributed by atoms with Crippen molar-refractivity contribution in [2.24, 2.45) is 4.99 Å². The molecule has 1 heterocycles. The minimum absolute atomic E-state index is 1.12. The standard InChI is InChI=1S/C4H4ClFN2/c5-4(6)1-2-7-3-8-4/h1-3H,(H,7,8). The van der Waals surface area contributed by atoms with Crippen molar-refractivity contribution in [3.05, 3.63) is 12.3 Å². The fraction of sp³-hybridized carbons (Fsp3) is 0.250. The Morgan fingerprint density at radius 3 is 2.75 bits per heavy atom. The highest BCUT2D eigenvalue weighted by atomic mass is 35.5. The number of aliphatic imine (C=N–C) groups is 1. The third-order valence-electron chi connectivity index (χ3n) is 0.691. The third kappa shape index (κ3) is 1.20. The summed E-state index contributed by atoms with van der Waals surface area (Å²) in [7, 11) is 0. The number of alkyl halides is 2. The van der Waals surface area contributed by atoms with Crippen LogP contribution in [0.5, 0.6) is 0 Å². The normalized spacial score (nSPS) is 34.8. The second-order valence-corrected chi connectivity index (χ2v) is 1.88. The molecule has 0 aromatic rings. The lowest BCUT2D eigenvalue weighted by molar-refractivity contribution is 0.358. The summed E-state index contributed by atoms with van der Waals surface area (Å²) in [6.45, 7) is 0. The van der Waals surface area contributed by atoms with Crippen molar-refractivity contribution < 1.29 is 4.39 Å². The largest absolute Gasteiger partial charge is 0.353 e. The molecule has 1 atom stereocenters. The predicted octanol–water partition coefficient (Wildman–Crippen LogP) is 0.994. The molecule has 0 saturated heterocycles. The van der Waals surface area contributed by atoms with E-state index in [4.69, 9.17) is 11.6 Å². The highest BCUT2D eigenvalue weighted by molar-refractivity contribution is 6.24. The van der Waals surface area contributed by atoms with E-state index >= 15 is 0 Å². The van der Waals surface area contributed by atoms with Crippen LogP contribution in [0.2, 0.25) is 0 Å². The summed E-state index contributed by atoms with van der Waals surface area (Å²) >= 11 is 5.08. The summed E-state index contributed by atoms with van der Waals surface area (Å²) in [5, 5.41) is 0.521. The average Bonchev–Trinajstić information content (AvgIpc) is 1.65. The van der Waals surface area contributed by atoms with Gasteiger partial charge in [0.2, 0.25) is 0 Å². The maximum absolute atomic E-state index is 12.3. The van der Waals surface area contributed by atoms with Crippen molar-refractivity contribution in [2.75, 3.05) is 0 Å². The summed E-state index contributed by atoms with van der Waals surface area (Å²) in [5.74, 6) is 0. The van der Waals surface area contributed by atoms with Crippen LogP contribution >= 0.6 is 11.6 Å². The zero-order valence-corrected chi connectivity index (χ0v) is 4.69. The van der Waals surface area contributed by atoms with E-state index in [0.29, 0.717) is 0 Å². The fourth-order valence-corrected chi connectivity index (χ4v) is 0.470. The van der Waals surface area contributed by atoms with Crippen LogP contribution in [-0.4, -0.2) is 11.6 Å². The van der Waals surface area contributed by atoms with Gasteiger partial charge in [0.15, 0.2) is 0 Å². The molecule has 0 saturated carbocycles. The molecule has 0 bridgehead atoms. The van der Waals surface area contributed by atoms with Crippen LogP contribution in [0, 0.1) is 0 Å². The number of hydrogen-bond acceptors (Lipinski definition) is 2. The Balaban J connectivity index is 2.69. The number of halogens is 2. The van der Waals surface area contributed by atoms with Gasteiger partial charge >= 0.3 is 0 Å². The van der Waals surface area contributed by atoms with E-state index < -0.39 is 5.25 Å². The van der Waals surface area contributed by atoms with Crippen molar-refractivity contribution in [3.8, 4) is 0 Å². The van der Waals surface area contributed by atoms with Gasteiger partial charge in [0, 0.05) is 12.3 Å². The molecule has 1 N–H and O–H groups in total. The molecule has 8 heavy (non-hydrogen) atoms. The van der Waals surface area contributed by atoms with Crippen LogP contribution < -0.4 is 5.32 Å². The van der Waals surface area contributed by atoms with Crippen LogP contribution in [0.3, 0.4) is 0 Å². The minimum Gasteiger partial charge on any atom is -0.353 e. The van der Waals surface area contributed by atoms with Crippen molar-refractivity contribution in [1.29, 1.82) is 0 Å². The van der Waals surface area contributed by atoms with Gasteiger partial charge < -0.3 is 5.32 Å². The molecular weight excluding hydrogens is 131 g/mol. The molecule has 44 valence electrons. The second kappa shape index (κ2) is 1.74. The number of hydrogen-bond donors (Lipinski definition) is 1. The van der Waals surface area contributed by atoms with Crippen molar-refractivity contribution in [2.45, 2.75) is 5.25 Å². The number of rotatable bonds is 0. The van der Waals surface area contributed by atoms with E-state index in [1.807, 2.05) is 0 Å². The lowest BCUT2D eigenvalue weighted by Gasteiger charge is -2.09. The summed E-state index contributed by atoms with van der Waals surface area (Å²) in [6.07, 6.45) is 3.71. The van der Waals surface area contributed by atoms with Crippen molar-refractivity contribution in [1.82, 2.24) is 5.32 Å². The molecular formula is C4H4ClFN2. The first-order chi connectivity index (χ1) is 3.71. The Bertz CT molecular complexity index is 127. The monoisotopic (exact) mass is 134 g/mol. The van der Waals surface area contributed by atoms with Gasteiger partial charge in [-0.05, 0) is 0 Å². The molecule has 1 aliphatic heterocycles. The Morgan fingerprint density at radius 2 is 2.50 bits per heavy atom. The average molecular weight is 135 g/mol. The van der Waals surface area contributed by atoms with Gasteiger partial charge in [-0.2, -0.15) is 4.39 Å². The van der Waals surface area contributed by atoms with Crippen LogP contribution in [-0.2, 0) is 0 Å². The van der Waals surface area contributed by atoms with Crippen LogP contribution in [0.4, 0.5) is 4.39 Å². The van der Waals surface area contributed by atoms with Crippen LogP contribution in [0.15, 0.2) is 17.3 Å². The maximum Gasteiger partial charge on any atom is 0.297 e. The Labute approximate surface area is 51.1 Å². The molecule has 0 aliphatic carbocycles. The lowest BCUT2D eigenvalue weighted by atomic mass is 10.5.